The van der Waals surface area contributed by atoms with Crippen molar-refractivity contribution < 1.29 is 18.0 Å². The first-order valence-corrected chi connectivity index (χ1v) is 9.94. The first-order chi connectivity index (χ1) is 10.8. The summed E-state index contributed by atoms with van der Waals surface area (Å²) in [5, 5.41) is 2.67. The minimum absolute atomic E-state index is 0.00328. The minimum Gasteiger partial charge on any atom is -0.355 e. The molecule has 0 aliphatic carbocycles. The van der Waals surface area contributed by atoms with Crippen molar-refractivity contribution in [1.29, 1.82) is 0 Å². The zero-order valence-electron chi connectivity index (χ0n) is 14.0. The molecule has 0 aromatic carbocycles. The molecule has 0 spiro atoms. The Bertz CT molecular complexity index is 541. The summed E-state index contributed by atoms with van der Waals surface area (Å²) < 4.78 is 25.6. The Morgan fingerprint density at radius 1 is 1.30 bits per heavy atom. The molecule has 23 heavy (non-hydrogen) atoms. The van der Waals surface area contributed by atoms with E-state index in [9.17, 15) is 18.0 Å². The lowest BCUT2D eigenvalue weighted by Gasteiger charge is -2.19. The zero-order chi connectivity index (χ0) is 17.0. The number of nitrogens with one attached hydrogen (secondary N) is 1. The van der Waals surface area contributed by atoms with Crippen molar-refractivity contribution in [2.75, 3.05) is 38.5 Å². The van der Waals surface area contributed by atoms with Crippen molar-refractivity contribution in [3.8, 4) is 0 Å². The van der Waals surface area contributed by atoms with Gasteiger partial charge in [0.1, 0.15) is 0 Å². The highest BCUT2D eigenvalue weighted by atomic mass is 32.2. The zero-order valence-corrected chi connectivity index (χ0v) is 14.8. The number of carbonyl (C=O) groups is 2. The Balaban J connectivity index is 1.76. The third kappa shape index (κ3) is 4.91. The summed E-state index contributed by atoms with van der Waals surface area (Å²) in [6.07, 6.45) is 2.03. The van der Waals surface area contributed by atoms with Crippen LogP contribution in [-0.2, 0) is 19.6 Å². The van der Waals surface area contributed by atoms with E-state index in [-0.39, 0.29) is 36.5 Å². The van der Waals surface area contributed by atoms with Crippen molar-refractivity contribution in [3.05, 3.63) is 0 Å². The van der Waals surface area contributed by atoms with E-state index < -0.39 is 10.0 Å². The molecule has 7 nitrogen and oxygen atoms in total. The van der Waals surface area contributed by atoms with Gasteiger partial charge in [-0.15, -0.1) is 0 Å². The van der Waals surface area contributed by atoms with E-state index in [1.165, 1.54) is 4.31 Å². The van der Waals surface area contributed by atoms with E-state index in [2.05, 4.69) is 5.32 Å². The first-order valence-electron chi connectivity index (χ1n) is 8.33. The summed E-state index contributed by atoms with van der Waals surface area (Å²) in [6.45, 7) is 6.42. The number of amides is 2. The fourth-order valence-corrected chi connectivity index (χ4v) is 4.54. The Kier molecular flexibility index (Phi) is 6.02. The van der Waals surface area contributed by atoms with Crippen molar-refractivity contribution in [2.45, 2.75) is 33.1 Å². The average molecular weight is 345 g/mol. The van der Waals surface area contributed by atoms with Crippen LogP contribution in [0.25, 0.3) is 0 Å². The topological polar surface area (TPSA) is 86.8 Å². The predicted octanol–water partition coefficient (Wildman–Crippen LogP) is 0.0327. The van der Waals surface area contributed by atoms with Crippen LogP contribution in [0.4, 0.5) is 0 Å². The molecule has 0 aromatic rings. The fourth-order valence-electron chi connectivity index (χ4n) is 3.11. The number of carbonyl (C=O) groups excluding carboxylic acids is 2. The Labute approximate surface area is 138 Å². The number of nitrogens with zero attached hydrogens (tertiary/aromatic N) is 2. The molecule has 2 fully saturated rings. The van der Waals surface area contributed by atoms with Gasteiger partial charge in [0.25, 0.3) is 0 Å². The molecule has 132 valence electrons. The normalized spacial score (nSPS) is 23.0. The summed E-state index contributed by atoms with van der Waals surface area (Å²) >= 11 is 0. The average Bonchev–Trinajstić information content (AvgIpc) is 3.09. The van der Waals surface area contributed by atoms with Crippen molar-refractivity contribution in [2.24, 2.45) is 11.8 Å². The second kappa shape index (κ2) is 7.61. The Hall–Kier alpha value is -1.15. The summed E-state index contributed by atoms with van der Waals surface area (Å²) in [7, 11) is -3.28. The highest BCUT2D eigenvalue weighted by Gasteiger charge is 2.34. The standard InChI is InChI=1S/C15H27N3O4S/c1-12(2)10-17-11-13(9-14(17)19)15(20)16-5-8-23(21,22)18-6-3-4-7-18/h12-13H,3-11H2,1-2H3,(H,16,20)/t13-/m0/s1. The molecule has 1 atom stereocenters. The number of hydrogen-bond acceptors (Lipinski definition) is 4. The quantitative estimate of drug-likeness (QED) is 0.705. The van der Waals surface area contributed by atoms with Crippen LogP contribution in [0.1, 0.15) is 33.1 Å². The van der Waals surface area contributed by atoms with Gasteiger partial charge in [0.05, 0.1) is 11.7 Å². The van der Waals surface area contributed by atoms with Crippen LogP contribution in [-0.4, -0.2) is 67.9 Å². The highest BCUT2D eigenvalue weighted by Crippen LogP contribution is 2.19. The molecule has 0 radical (unpaired) electrons. The first kappa shape index (κ1) is 18.2. The van der Waals surface area contributed by atoms with Crippen LogP contribution in [0.5, 0.6) is 0 Å². The van der Waals surface area contributed by atoms with Crippen LogP contribution >= 0.6 is 0 Å². The van der Waals surface area contributed by atoms with Crippen molar-refractivity contribution in [1.82, 2.24) is 14.5 Å². The molecule has 2 rings (SSSR count). The van der Waals surface area contributed by atoms with Crippen LogP contribution in [0.15, 0.2) is 0 Å². The molecule has 2 aliphatic heterocycles. The number of likely N-dealkylation sites (tertiary alicyclic amines) is 1. The van der Waals surface area contributed by atoms with Crippen LogP contribution < -0.4 is 5.32 Å². The Morgan fingerprint density at radius 2 is 1.96 bits per heavy atom. The second-order valence-electron chi connectivity index (χ2n) is 6.81. The number of rotatable bonds is 7. The predicted molar refractivity (Wildman–Crippen MR) is 87.1 cm³/mol. The maximum atomic E-state index is 12.1. The molecule has 0 bridgehead atoms. The lowest BCUT2D eigenvalue weighted by molar-refractivity contribution is -0.129. The Morgan fingerprint density at radius 3 is 2.57 bits per heavy atom. The molecule has 1 N–H and O–H groups in total. The number of hydrogen-bond donors (Lipinski definition) is 1. The van der Waals surface area contributed by atoms with E-state index >= 15 is 0 Å². The molecule has 2 aliphatic rings. The smallest absolute Gasteiger partial charge is 0.225 e. The van der Waals surface area contributed by atoms with Gasteiger partial charge < -0.3 is 10.2 Å². The lowest BCUT2D eigenvalue weighted by atomic mass is 10.1. The molecule has 0 aromatic heterocycles. The molecule has 8 heteroatoms. The van der Waals surface area contributed by atoms with Gasteiger partial charge in [-0.1, -0.05) is 13.8 Å². The summed E-state index contributed by atoms with van der Waals surface area (Å²) in [4.78, 5) is 25.7. The fraction of sp³-hybridized carbons (Fsp3) is 0.867. The molecule has 2 saturated heterocycles. The van der Waals surface area contributed by atoms with Crippen LogP contribution in [0.2, 0.25) is 0 Å². The summed E-state index contributed by atoms with van der Waals surface area (Å²) in [5.74, 6) is -0.290. The van der Waals surface area contributed by atoms with E-state index in [0.717, 1.165) is 12.8 Å². The van der Waals surface area contributed by atoms with Crippen LogP contribution in [0.3, 0.4) is 0 Å². The summed E-state index contributed by atoms with van der Waals surface area (Å²) in [5.41, 5.74) is 0. The van der Waals surface area contributed by atoms with Gasteiger partial charge in [-0.05, 0) is 18.8 Å². The van der Waals surface area contributed by atoms with Crippen LogP contribution in [0, 0.1) is 11.8 Å². The largest absolute Gasteiger partial charge is 0.355 e. The van der Waals surface area contributed by atoms with Gasteiger partial charge in [0.2, 0.25) is 21.8 Å². The van der Waals surface area contributed by atoms with E-state index in [1.807, 2.05) is 13.8 Å². The van der Waals surface area contributed by atoms with Crippen molar-refractivity contribution in [3.63, 3.8) is 0 Å². The van der Waals surface area contributed by atoms with Gasteiger partial charge in [-0.3, -0.25) is 9.59 Å². The molecule has 2 amide bonds. The molecule has 0 saturated carbocycles. The molecule has 2 heterocycles. The second-order valence-corrected chi connectivity index (χ2v) is 8.90. The highest BCUT2D eigenvalue weighted by molar-refractivity contribution is 7.89. The lowest BCUT2D eigenvalue weighted by Crippen LogP contribution is -2.39. The van der Waals surface area contributed by atoms with Gasteiger partial charge in [0, 0.05) is 39.1 Å². The van der Waals surface area contributed by atoms with Gasteiger partial charge in [-0.25, -0.2) is 12.7 Å². The van der Waals surface area contributed by atoms with Gasteiger partial charge >= 0.3 is 0 Å². The van der Waals surface area contributed by atoms with Gasteiger partial charge in [-0.2, -0.15) is 0 Å². The van der Waals surface area contributed by atoms with Crippen molar-refractivity contribution >= 4 is 21.8 Å². The SMILES string of the molecule is CC(C)CN1C[C@@H](C(=O)NCCS(=O)(=O)N2CCCC2)CC1=O. The third-order valence-electron chi connectivity index (χ3n) is 4.29. The maximum absolute atomic E-state index is 12.1. The monoisotopic (exact) mass is 345 g/mol. The molecular weight excluding hydrogens is 318 g/mol. The molecule has 0 unspecified atom stereocenters. The van der Waals surface area contributed by atoms with E-state index in [1.54, 1.807) is 4.90 Å². The maximum Gasteiger partial charge on any atom is 0.225 e. The van der Waals surface area contributed by atoms with Gasteiger partial charge in [0.15, 0.2) is 0 Å². The third-order valence-corrected chi connectivity index (χ3v) is 6.16. The minimum atomic E-state index is -3.28. The van der Waals surface area contributed by atoms with E-state index in [4.69, 9.17) is 0 Å². The van der Waals surface area contributed by atoms with E-state index in [0.29, 0.717) is 32.1 Å². The summed E-state index contributed by atoms with van der Waals surface area (Å²) in [6, 6.07) is 0. The number of sulfonamides is 1. The molecular formula is C15H27N3O4S.